The topological polar surface area (TPSA) is 58.8 Å². The Labute approximate surface area is 118 Å². The van der Waals surface area contributed by atoms with Crippen molar-refractivity contribution in [1.82, 2.24) is 9.80 Å². The van der Waals surface area contributed by atoms with E-state index in [-0.39, 0.29) is 6.09 Å². The lowest BCUT2D eigenvalue weighted by Gasteiger charge is -2.25. The average Bonchev–Trinajstić information content (AvgIpc) is 2.27. The van der Waals surface area contributed by atoms with E-state index in [2.05, 4.69) is 11.9 Å². The van der Waals surface area contributed by atoms with Gasteiger partial charge in [-0.15, -0.1) is 0 Å². The number of hydrogen-bond donors (Lipinski definition) is 1. The summed E-state index contributed by atoms with van der Waals surface area (Å²) < 4.78 is 5.30. The van der Waals surface area contributed by atoms with E-state index in [0.717, 1.165) is 45.4 Å². The lowest BCUT2D eigenvalue weighted by atomic mass is 10.2. The molecule has 0 aliphatic rings. The Bertz CT molecular complexity index is 252. The van der Waals surface area contributed by atoms with Crippen LogP contribution >= 0.6 is 0 Å². The van der Waals surface area contributed by atoms with E-state index in [1.807, 2.05) is 20.8 Å². The highest BCUT2D eigenvalue weighted by Gasteiger charge is 2.19. The fraction of sp³-hybridized carbons (Fsp3) is 0.929. The summed E-state index contributed by atoms with van der Waals surface area (Å²) in [6, 6.07) is 0. The maximum absolute atomic E-state index is 11.7. The molecule has 0 unspecified atom stereocenters. The first-order valence-corrected chi connectivity index (χ1v) is 7.09. The highest BCUT2D eigenvalue weighted by Crippen LogP contribution is 2.09. The first-order chi connectivity index (χ1) is 8.76. The summed E-state index contributed by atoms with van der Waals surface area (Å²) in [6.07, 6.45) is 2.91. The number of carbonyl (C=O) groups is 1. The van der Waals surface area contributed by atoms with Gasteiger partial charge in [-0.05, 0) is 66.7 Å². The minimum absolute atomic E-state index is 0.252. The van der Waals surface area contributed by atoms with E-state index in [4.69, 9.17) is 10.5 Å². The molecule has 0 aromatic heterocycles. The molecule has 0 spiro atoms. The molecule has 0 saturated carbocycles. The monoisotopic (exact) mass is 273 g/mol. The van der Waals surface area contributed by atoms with Crippen molar-refractivity contribution in [2.75, 3.05) is 40.3 Å². The highest BCUT2D eigenvalue weighted by molar-refractivity contribution is 5.67. The molecule has 0 aliphatic heterocycles. The molecule has 0 heterocycles. The molecule has 0 radical (unpaired) electrons. The largest absolute Gasteiger partial charge is 0.444 e. The average molecular weight is 273 g/mol. The van der Waals surface area contributed by atoms with Gasteiger partial charge >= 0.3 is 6.09 Å². The number of nitrogens with zero attached hydrogens (tertiary/aromatic N) is 2. The lowest BCUT2D eigenvalue weighted by Crippen LogP contribution is -2.35. The second-order valence-corrected chi connectivity index (χ2v) is 6.05. The van der Waals surface area contributed by atoms with Gasteiger partial charge in [0.25, 0.3) is 0 Å². The van der Waals surface area contributed by atoms with Gasteiger partial charge in [0, 0.05) is 13.6 Å². The molecule has 0 fully saturated rings. The Morgan fingerprint density at radius 1 is 1.05 bits per heavy atom. The first kappa shape index (κ1) is 18.2. The number of nitrogens with two attached hydrogens (primary N) is 1. The van der Waals surface area contributed by atoms with Gasteiger partial charge in [0.2, 0.25) is 0 Å². The van der Waals surface area contributed by atoms with Crippen LogP contribution in [0.4, 0.5) is 4.79 Å². The molecule has 19 heavy (non-hydrogen) atoms. The van der Waals surface area contributed by atoms with Crippen LogP contribution in [0.5, 0.6) is 0 Å². The van der Waals surface area contributed by atoms with Crippen LogP contribution in [0.2, 0.25) is 0 Å². The predicted molar refractivity (Wildman–Crippen MR) is 79.3 cm³/mol. The third kappa shape index (κ3) is 10.8. The summed E-state index contributed by atoms with van der Waals surface area (Å²) in [6.45, 7) is 9.16. The van der Waals surface area contributed by atoms with Gasteiger partial charge in [0.05, 0.1) is 0 Å². The highest BCUT2D eigenvalue weighted by atomic mass is 16.6. The second-order valence-electron chi connectivity index (χ2n) is 6.05. The Hall–Kier alpha value is -0.810. The maximum atomic E-state index is 11.7. The molecule has 0 rings (SSSR count). The molecule has 114 valence electrons. The van der Waals surface area contributed by atoms with E-state index in [0.29, 0.717) is 0 Å². The van der Waals surface area contributed by atoms with Crippen LogP contribution in [0.3, 0.4) is 0 Å². The summed E-state index contributed by atoms with van der Waals surface area (Å²) in [7, 11) is 3.88. The van der Waals surface area contributed by atoms with Crippen LogP contribution in [0, 0.1) is 0 Å². The fourth-order valence-electron chi connectivity index (χ4n) is 1.65. The minimum Gasteiger partial charge on any atom is -0.444 e. The zero-order chi connectivity index (χ0) is 14.9. The molecule has 2 N–H and O–H groups in total. The third-order valence-corrected chi connectivity index (χ3v) is 2.73. The molecule has 0 aliphatic carbocycles. The quantitative estimate of drug-likeness (QED) is 0.686. The summed E-state index contributed by atoms with van der Waals surface area (Å²) in [4.78, 5) is 15.6. The van der Waals surface area contributed by atoms with E-state index >= 15 is 0 Å². The minimum atomic E-state index is -0.426. The number of rotatable bonds is 8. The van der Waals surface area contributed by atoms with E-state index in [1.54, 1.807) is 11.9 Å². The molecule has 1 amide bonds. The molecule has 0 atom stereocenters. The van der Waals surface area contributed by atoms with Gasteiger partial charge in [-0.2, -0.15) is 0 Å². The van der Waals surface area contributed by atoms with Crippen molar-refractivity contribution >= 4 is 6.09 Å². The molecule has 0 saturated heterocycles. The molecule has 5 heteroatoms. The molecule has 0 aromatic carbocycles. The van der Waals surface area contributed by atoms with Crippen LogP contribution in [0.1, 0.15) is 40.0 Å². The van der Waals surface area contributed by atoms with Gasteiger partial charge in [-0.1, -0.05) is 0 Å². The van der Waals surface area contributed by atoms with Gasteiger partial charge in [-0.25, -0.2) is 4.79 Å². The van der Waals surface area contributed by atoms with Gasteiger partial charge < -0.3 is 20.3 Å². The van der Waals surface area contributed by atoms with Gasteiger partial charge in [0.15, 0.2) is 0 Å². The van der Waals surface area contributed by atoms with Crippen molar-refractivity contribution in [3.63, 3.8) is 0 Å². The standard InChI is InChI=1S/C14H31N3O2/c1-14(2,3)19-13(18)17(5)12-8-11-16(4)10-7-6-9-15/h6-12,15H2,1-5H3. The van der Waals surface area contributed by atoms with Crippen LogP contribution < -0.4 is 5.73 Å². The van der Waals surface area contributed by atoms with Gasteiger partial charge in [-0.3, -0.25) is 0 Å². The van der Waals surface area contributed by atoms with Crippen molar-refractivity contribution in [2.24, 2.45) is 5.73 Å². The van der Waals surface area contributed by atoms with Crippen molar-refractivity contribution in [3.8, 4) is 0 Å². The Morgan fingerprint density at radius 3 is 2.16 bits per heavy atom. The number of ether oxygens (including phenoxy) is 1. The molecule has 0 aromatic rings. The van der Waals surface area contributed by atoms with E-state index in [9.17, 15) is 4.79 Å². The number of hydrogen-bond acceptors (Lipinski definition) is 4. The lowest BCUT2D eigenvalue weighted by molar-refractivity contribution is 0.0293. The predicted octanol–water partition coefficient (Wildman–Crippen LogP) is 1.91. The fourth-order valence-corrected chi connectivity index (χ4v) is 1.65. The molecular weight excluding hydrogens is 242 g/mol. The first-order valence-electron chi connectivity index (χ1n) is 7.09. The zero-order valence-electron chi connectivity index (χ0n) is 13.2. The molecule has 0 bridgehead atoms. The van der Waals surface area contributed by atoms with E-state index in [1.165, 1.54) is 0 Å². The summed E-state index contributed by atoms with van der Waals surface area (Å²) >= 11 is 0. The van der Waals surface area contributed by atoms with Crippen molar-refractivity contribution in [1.29, 1.82) is 0 Å². The Balaban J connectivity index is 3.73. The zero-order valence-corrected chi connectivity index (χ0v) is 13.2. The van der Waals surface area contributed by atoms with Crippen LogP contribution in [-0.2, 0) is 4.74 Å². The smallest absolute Gasteiger partial charge is 0.410 e. The van der Waals surface area contributed by atoms with Crippen LogP contribution in [-0.4, -0.2) is 61.8 Å². The third-order valence-electron chi connectivity index (χ3n) is 2.73. The number of amides is 1. The molecule has 5 nitrogen and oxygen atoms in total. The van der Waals surface area contributed by atoms with Crippen molar-refractivity contribution in [3.05, 3.63) is 0 Å². The number of carbonyl (C=O) groups excluding carboxylic acids is 1. The number of unbranched alkanes of at least 4 members (excludes halogenated alkanes) is 1. The van der Waals surface area contributed by atoms with Gasteiger partial charge in [0.1, 0.15) is 5.60 Å². The second kappa shape index (κ2) is 9.15. The maximum Gasteiger partial charge on any atom is 0.410 e. The van der Waals surface area contributed by atoms with Crippen LogP contribution in [0.25, 0.3) is 0 Å². The van der Waals surface area contributed by atoms with Crippen molar-refractivity contribution < 1.29 is 9.53 Å². The molecular formula is C14H31N3O2. The van der Waals surface area contributed by atoms with Crippen molar-refractivity contribution in [2.45, 2.75) is 45.6 Å². The van der Waals surface area contributed by atoms with E-state index < -0.39 is 5.60 Å². The van der Waals surface area contributed by atoms with Crippen LogP contribution in [0.15, 0.2) is 0 Å². The normalized spacial score (nSPS) is 11.7. The SMILES string of the molecule is CN(CCCCN)CCCN(C)C(=O)OC(C)(C)C. The summed E-state index contributed by atoms with van der Waals surface area (Å²) in [5, 5.41) is 0. The summed E-state index contributed by atoms with van der Waals surface area (Å²) in [5.74, 6) is 0. The summed E-state index contributed by atoms with van der Waals surface area (Å²) in [5.41, 5.74) is 5.04. The Kier molecular flexibility index (Phi) is 8.76. The Morgan fingerprint density at radius 2 is 1.63 bits per heavy atom.